The number of aryl methyl sites for hydroxylation is 1. The first kappa shape index (κ1) is 16.8. The van der Waals surface area contributed by atoms with Crippen LogP contribution in [0.5, 0.6) is 0 Å². The lowest BCUT2D eigenvalue weighted by Crippen LogP contribution is -2.38. The zero-order chi connectivity index (χ0) is 16.2. The van der Waals surface area contributed by atoms with Crippen molar-refractivity contribution in [2.24, 2.45) is 7.05 Å². The average Bonchev–Trinajstić information content (AvgIpc) is 2.69. The summed E-state index contributed by atoms with van der Waals surface area (Å²) in [5, 5.41) is 7.74. The molecule has 1 aromatic rings. The number of likely N-dealkylation sites (tertiary alicyclic amines) is 1. The highest BCUT2D eigenvalue weighted by molar-refractivity contribution is 5.68. The van der Waals surface area contributed by atoms with Gasteiger partial charge in [-0.15, -0.1) is 0 Å². The number of carbonyl (C=O) groups is 1. The number of carbonyl (C=O) groups excluding carboxylic acids is 1. The number of nitrogens with one attached hydrogen (secondary N) is 1. The molecule has 1 N–H and O–H groups in total. The van der Waals surface area contributed by atoms with Gasteiger partial charge in [0.2, 0.25) is 0 Å². The Balaban J connectivity index is 1.78. The number of nitrogens with zero attached hydrogens (tertiary/aromatic N) is 3. The van der Waals surface area contributed by atoms with E-state index < -0.39 is 5.60 Å². The third kappa shape index (κ3) is 5.33. The standard InChI is InChI=1S/C16H28N4O2/c1-16(2,3)22-15(21)20-8-5-6-14(7-9-20)17-10-13-11-18-19(4)12-13/h11-12,14,17H,5-10H2,1-4H3. The Morgan fingerprint density at radius 3 is 2.82 bits per heavy atom. The van der Waals surface area contributed by atoms with Crippen molar-refractivity contribution in [2.75, 3.05) is 13.1 Å². The number of ether oxygens (including phenoxy) is 1. The summed E-state index contributed by atoms with van der Waals surface area (Å²) in [5.74, 6) is 0. The highest BCUT2D eigenvalue weighted by Gasteiger charge is 2.25. The Morgan fingerprint density at radius 2 is 2.18 bits per heavy atom. The molecule has 0 aliphatic carbocycles. The third-order valence-corrected chi connectivity index (χ3v) is 3.73. The van der Waals surface area contributed by atoms with E-state index in [0.29, 0.717) is 6.04 Å². The second kappa shape index (κ2) is 7.13. The number of amides is 1. The van der Waals surface area contributed by atoms with Gasteiger partial charge in [-0.2, -0.15) is 5.10 Å². The molecule has 1 atom stereocenters. The van der Waals surface area contributed by atoms with Gasteiger partial charge in [-0.3, -0.25) is 4.68 Å². The van der Waals surface area contributed by atoms with Crippen molar-refractivity contribution in [3.8, 4) is 0 Å². The van der Waals surface area contributed by atoms with Gasteiger partial charge in [0.05, 0.1) is 6.20 Å². The Hall–Kier alpha value is -1.56. The Bertz CT molecular complexity index is 493. The fraction of sp³-hybridized carbons (Fsp3) is 0.750. The highest BCUT2D eigenvalue weighted by atomic mass is 16.6. The van der Waals surface area contributed by atoms with Crippen LogP contribution in [0.25, 0.3) is 0 Å². The molecule has 0 aromatic carbocycles. The molecule has 1 aromatic heterocycles. The van der Waals surface area contributed by atoms with E-state index in [9.17, 15) is 4.79 Å². The Kier molecular flexibility index (Phi) is 5.45. The SMILES string of the molecule is Cn1cc(CNC2CCCN(C(=O)OC(C)(C)C)CC2)cn1. The normalized spacial score (nSPS) is 19.8. The van der Waals surface area contributed by atoms with Gasteiger partial charge in [0.25, 0.3) is 0 Å². The molecular formula is C16H28N4O2. The van der Waals surface area contributed by atoms with Crippen molar-refractivity contribution in [3.05, 3.63) is 18.0 Å². The summed E-state index contributed by atoms with van der Waals surface area (Å²) >= 11 is 0. The van der Waals surface area contributed by atoms with Crippen LogP contribution in [0.1, 0.15) is 45.6 Å². The lowest BCUT2D eigenvalue weighted by atomic mass is 10.1. The van der Waals surface area contributed by atoms with Gasteiger partial charge in [0.15, 0.2) is 0 Å². The van der Waals surface area contributed by atoms with E-state index >= 15 is 0 Å². The molecule has 1 amide bonds. The molecule has 22 heavy (non-hydrogen) atoms. The molecule has 0 saturated carbocycles. The van der Waals surface area contributed by atoms with Crippen LogP contribution in [0.3, 0.4) is 0 Å². The van der Waals surface area contributed by atoms with Gasteiger partial charge >= 0.3 is 6.09 Å². The first-order chi connectivity index (χ1) is 10.3. The fourth-order valence-corrected chi connectivity index (χ4v) is 2.63. The van der Waals surface area contributed by atoms with Crippen LogP contribution >= 0.6 is 0 Å². The van der Waals surface area contributed by atoms with Crippen molar-refractivity contribution in [2.45, 2.75) is 58.2 Å². The maximum atomic E-state index is 12.1. The van der Waals surface area contributed by atoms with Gasteiger partial charge in [0.1, 0.15) is 5.60 Å². The molecule has 1 aliphatic rings. The number of hydrogen-bond donors (Lipinski definition) is 1. The molecule has 0 spiro atoms. The first-order valence-corrected chi connectivity index (χ1v) is 8.02. The van der Waals surface area contributed by atoms with Crippen molar-refractivity contribution in [3.63, 3.8) is 0 Å². The zero-order valence-corrected chi connectivity index (χ0v) is 14.1. The lowest BCUT2D eigenvalue weighted by Gasteiger charge is -2.26. The highest BCUT2D eigenvalue weighted by Crippen LogP contribution is 2.16. The molecule has 6 heteroatoms. The quantitative estimate of drug-likeness (QED) is 0.931. The van der Waals surface area contributed by atoms with Gasteiger partial charge in [-0.25, -0.2) is 4.79 Å². The predicted octanol–water partition coefficient (Wildman–Crippen LogP) is 2.30. The molecule has 1 saturated heterocycles. The predicted molar refractivity (Wildman–Crippen MR) is 85.5 cm³/mol. The van der Waals surface area contributed by atoms with Crippen LogP contribution in [-0.4, -0.2) is 45.5 Å². The second-order valence-corrected chi connectivity index (χ2v) is 7.00. The van der Waals surface area contributed by atoms with Crippen LogP contribution < -0.4 is 5.32 Å². The summed E-state index contributed by atoms with van der Waals surface area (Å²) in [4.78, 5) is 14.0. The summed E-state index contributed by atoms with van der Waals surface area (Å²) in [6.07, 6.45) is 6.76. The molecule has 1 unspecified atom stereocenters. The van der Waals surface area contributed by atoms with Crippen LogP contribution in [0.2, 0.25) is 0 Å². The maximum absolute atomic E-state index is 12.1. The van der Waals surface area contributed by atoms with Crippen LogP contribution in [0.4, 0.5) is 4.79 Å². The smallest absolute Gasteiger partial charge is 0.410 e. The van der Waals surface area contributed by atoms with Gasteiger partial charge < -0.3 is 15.0 Å². The molecule has 2 heterocycles. The largest absolute Gasteiger partial charge is 0.444 e. The van der Waals surface area contributed by atoms with E-state index in [1.807, 2.05) is 49.8 Å². The van der Waals surface area contributed by atoms with E-state index in [2.05, 4.69) is 10.4 Å². The zero-order valence-electron chi connectivity index (χ0n) is 14.1. The van der Waals surface area contributed by atoms with E-state index in [4.69, 9.17) is 4.74 Å². The number of aromatic nitrogens is 2. The Morgan fingerprint density at radius 1 is 1.41 bits per heavy atom. The van der Waals surface area contributed by atoms with Crippen molar-refractivity contribution < 1.29 is 9.53 Å². The molecule has 0 radical (unpaired) electrons. The second-order valence-electron chi connectivity index (χ2n) is 7.00. The fourth-order valence-electron chi connectivity index (χ4n) is 2.63. The third-order valence-electron chi connectivity index (χ3n) is 3.73. The summed E-state index contributed by atoms with van der Waals surface area (Å²) in [7, 11) is 1.92. The van der Waals surface area contributed by atoms with E-state index in [1.54, 1.807) is 0 Å². The van der Waals surface area contributed by atoms with E-state index in [1.165, 1.54) is 5.56 Å². The summed E-state index contributed by atoms with van der Waals surface area (Å²) in [6, 6.07) is 0.438. The minimum atomic E-state index is -0.429. The molecule has 0 bridgehead atoms. The van der Waals surface area contributed by atoms with Crippen molar-refractivity contribution in [1.82, 2.24) is 20.0 Å². The van der Waals surface area contributed by atoms with E-state index in [-0.39, 0.29) is 6.09 Å². The van der Waals surface area contributed by atoms with Crippen LogP contribution in [0.15, 0.2) is 12.4 Å². The molecule has 2 rings (SSSR count). The van der Waals surface area contributed by atoms with Gasteiger partial charge in [0, 0.05) is 44.5 Å². The summed E-state index contributed by atoms with van der Waals surface area (Å²) < 4.78 is 7.27. The van der Waals surface area contributed by atoms with Gasteiger partial charge in [-0.1, -0.05) is 0 Å². The molecule has 1 fully saturated rings. The first-order valence-electron chi connectivity index (χ1n) is 8.02. The summed E-state index contributed by atoms with van der Waals surface area (Å²) in [6.45, 7) is 8.06. The lowest BCUT2D eigenvalue weighted by molar-refractivity contribution is 0.0256. The van der Waals surface area contributed by atoms with Gasteiger partial charge in [-0.05, 0) is 40.0 Å². The summed E-state index contributed by atoms with van der Waals surface area (Å²) in [5.41, 5.74) is 0.761. The topological polar surface area (TPSA) is 59.4 Å². The minimum Gasteiger partial charge on any atom is -0.444 e. The molecular weight excluding hydrogens is 280 g/mol. The number of rotatable bonds is 3. The molecule has 124 valence electrons. The van der Waals surface area contributed by atoms with Crippen molar-refractivity contribution >= 4 is 6.09 Å². The molecule has 6 nitrogen and oxygen atoms in total. The van der Waals surface area contributed by atoms with Crippen LogP contribution in [0, 0.1) is 0 Å². The van der Waals surface area contributed by atoms with E-state index in [0.717, 1.165) is 38.9 Å². The number of hydrogen-bond acceptors (Lipinski definition) is 4. The average molecular weight is 308 g/mol. The Labute approximate surface area is 132 Å². The maximum Gasteiger partial charge on any atom is 0.410 e. The monoisotopic (exact) mass is 308 g/mol. The van der Waals surface area contributed by atoms with Crippen LogP contribution in [-0.2, 0) is 18.3 Å². The van der Waals surface area contributed by atoms with Crippen molar-refractivity contribution in [1.29, 1.82) is 0 Å². The minimum absolute atomic E-state index is 0.194. The molecule has 1 aliphatic heterocycles.